The van der Waals surface area contributed by atoms with Gasteiger partial charge >= 0.3 is 6.03 Å². The van der Waals surface area contributed by atoms with Crippen molar-refractivity contribution in [3.63, 3.8) is 0 Å². The van der Waals surface area contributed by atoms with Crippen LogP contribution in [-0.4, -0.2) is 23.8 Å². The van der Waals surface area contributed by atoms with E-state index < -0.39 is 0 Å². The molecule has 5 heteroatoms. The molecule has 2 amide bonds. The van der Waals surface area contributed by atoms with E-state index in [1.54, 1.807) is 24.3 Å². The molecule has 0 spiro atoms. The van der Waals surface area contributed by atoms with Gasteiger partial charge < -0.3 is 15.7 Å². The average molecular weight is 257 g/mol. The summed E-state index contributed by atoms with van der Waals surface area (Å²) in [5.41, 5.74) is 0.686. The number of hydrogen-bond donors (Lipinski definition) is 3. The average Bonchev–Trinajstić information content (AvgIpc) is 2.31. The van der Waals surface area contributed by atoms with Gasteiger partial charge in [-0.1, -0.05) is 18.5 Å². The van der Waals surface area contributed by atoms with Crippen LogP contribution >= 0.6 is 11.6 Å². The molecular weight excluding hydrogens is 240 g/mol. The van der Waals surface area contributed by atoms with Crippen LogP contribution in [0.4, 0.5) is 10.5 Å². The number of benzene rings is 1. The summed E-state index contributed by atoms with van der Waals surface area (Å²) in [6.07, 6.45) is 1.35. The molecule has 0 saturated heterocycles. The van der Waals surface area contributed by atoms with Crippen molar-refractivity contribution in [2.45, 2.75) is 25.8 Å². The van der Waals surface area contributed by atoms with Gasteiger partial charge in [0, 0.05) is 23.4 Å². The van der Waals surface area contributed by atoms with Gasteiger partial charge in [0.05, 0.1) is 0 Å². The highest BCUT2D eigenvalue weighted by Gasteiger charge is 2.09. The van der Waals surface area contributed by atoms with Crippen LogP contribution in [0.5, 0.6) is 0 Å². The molecule has 3 N–H and O–H groups in total. The highest BCUT2D eigenvalue weighted by molar-refractivity contribution is 6.30. The lowest BCUT2D eigenvalue weighted by molar-refractivity contribution is 0.237. The number of hydrogen-bond acceptors (Lipinski definition) is 2. The zero-order valence-electron chi connectivity index (χ0n) is 9.74. The van der Waals surface area contributed by atoms with Crippen molar-refractivity contribution >= 4 is 23.3 Å². The number of amides is 2. The van der Waals surface area contributed by atoms with E-state index in [1.807, 2.05) is 6.92 Å². The molecule has 0 fully saturated rings. The van der Waals surface area contributed by atoms with E-state index in [1.165, 1.54) is 0 Å². The van der Waals surface area contributed by atoms with Gasteiger partial charge in [-0.05, 0) is 37.1 Å². The molecule has 0 heterocycles. The number of carbonyl (C=O) groups excluding carboxylic acids is 1. The van der Waals surface area contributed by atoms with Gasteiger partial charge in [-0.25, -0.2) is 4.79 Å². The van der Waals surface area contributed by atoms with Gasteiger partial charge in [0.25, 0.3) is 0 Å². The lowest BCUT2D eigenvalue weighted by Gasteiger charge is -2.16. The van der Waals surface area contributed by atoms with Crippen molar-refractivity contribution in [3.05, 3.63) is 29.3 Å². The van der Waals surface area contributed by atoms with Crippen molar-refractivity contribution in [2.24, 2.45) is 0 Å². The highest BCUT2D eigenvalue weighted by Crippen LogP contribution is 2.13. The maximum atomic E-state index is 11.6. The fraction of sp³-hybridized carbons (Fsp3) is 0.417. The van der Waals surface area contributed by atoms with Crippen LogP contribution in [0.1, 0.15) is 19.8 Å². The summed E-state index contributed by atoms with van der Waals surface area (Å²) in [4.78, 5) is 11.6. The molecule has 1 atom stereocenters. The summed E-state index contributed by atoms with van der Waals surface area (Å²) < 4.78 is 0. The quantitative estimate of drug-likeness (QED) is 0.758. The summed E-state index contributed by atoms with van der Waals surface area (Å²) >= 11 is 5.74. The third-order valence-corrected chi connectivity index (χ3v) is 2.66. The van der Waals surface area contributed by atoms with Crippen LogP contribution in [-0.2, 0) is 0 Å². The van der Waals surface area contributed by atoms with Crippen LogP contribution in [0.3, 0.4) is 0 Å². The van der Waals surface area contributed by atoms with E-state index >= 15 is 0 Å². The van der Waals surface area contributed by atoms with Gasteiger partial charge in [-0.3, -0.25) is 0 Å². The molecule has 1 unspecified atom stereocenters. The van der Waals surface area contributed by atoms with Crippen LogP contribution in [0.25, 0.3) is 0 Å². The summed E-state index contributed by atoms with van der Waals surface area (Å²) in [6, 6.07) is 6.61. The van der Waals surface area contributed by atoms with Crippen molar-refractivity contribution in [2.75, 3.05) is 11.9 Å². The molecular formula is C12H17ClN2O2. The lowest BCUT2D eigenvalue weighted by atomic mass is 10.2. The Morgan fingerprint density at radius 3 is 2.59 bits per heavy atom. The molecule has 0 aromatic heterocycles. The summed E-state index contributed by atoms with van der Waals surface area (Å²) in [5, 5.41) is 14.9. The van der Waals surface area contributed by atoms with E-state index in [-0.39, 0.29) is 18.7 Å². The molecule has 0 aliphatic carbocycles. The molecule has 0 saturated carbocycles. The second-order valence-electron chi connectivity index (χ2n) is 3.72. The first-order chi connectivity index (χ1) is 8.15. The van der Waals surface area contributed by atoms with E-state index in [9.17, 15) is 4.79 Å². The number of anilines is 1. The molecule has 94 valence electrons. The maximum Gasteiger partial charge on any atom is 0.319 e. The molecule has 0 aliphatic heterocycles. The third kappa shape index (κ3) is 5.06. The van der Waals surface area contributed by atoms with Crippen LogP contribution in [0.15, 0.2) is 24.3 Å². The smallest absolute Gasteiger partial charge is 0.319 e. The van der Waals surface area contributed by atoms with Crippen LogP contribution < -0.4 is 10.6 Å². The predicted molar refractivity (Wildman–Crippen MR) is 69.4 cm³/mol. The predicted octanol–water partition coefficient (Wildman–Crippen LogP) is 2.62. The Morgan fingerprint density at radius 1 is 1.41 bits per heavy atom. The summed E-state index contributed by atoms with van der Waals surface area (Å²) in [6.45, 7) is 2.03. The monoisotopic (exact) mass is 256 g/mol. The number of rotatable bonds is 5. The topological polar surface area (TPSA) is 61.4 Å². The minimum Gasteiger partial charge on any atom is -0.396 e. The normalized spacial score (nSPS) is 11.9. The second-order valence-corrected chi connectivity index (χ2v) is 4.16. The van der Waals surface area contributed by atoms with Gasteiger partial charge in [-0.15, -0.1) is 0 Å². The first kappa shape index (κ1) is 13.8. The molecule has 0 radical (unpaired) electrons. The Kier molecular flexibility index (Phi) is 5.80. The van der Waals surface area contributed by atoms with Crippen LogP contribution in [0, 0.1) is 0 Å². The Balaban J connectivity index is 2.46. The van der Waals surface area contributed by atoms with Crippen molar-refractivity contribution in [3.8, 4) is 0 Å². The largest absolute Gasteiger partial charge is 0.396 e. The molecule has 0 bridgehead atoms. The second kappa shape index (κ2) is 7.14. The number of urea groups is 1. The summed E-state index contributed by atoms with van der Waals surface area (Å²) in [5.74, 6) is 0. The zero-order valence-corrected chi connectivity index (χ0v) is 10.5. The van der Waals surface area contributed by atoms with Gasteiger partial charge in [0.1, 0.15) is 0 Å². The Labute approximate surface area is 106 Å². The van der Waals surface area contributed by atoms with Crippen molar-refractivity contribution < 1.29 is 9.90 Å². The number of aliphatic hydroxyl groups excluding tert-OH is 1. The van der Waals surface area contributed by atoms with Crippen molar-refractivity contribution in [1.82, 2.24) is 5.32 Å². The number of aliphatic hydroxyl groups is 1. The van der Waals surface area contributed by atoms with Crippen molar-refractivity contribution in [1.29, 1.82) is 0 Å². The molecule has 1 rings (SSSR count). The van der Waals surface area contributed by atoms with E-state index in [2.05, 4.69) is 10.6 Å². The Morgan fingerprint density at radius 2 is 2.06 bits per heavy atom. The van der Waals surface area contributed by atoms with Gasteiger partial charge in [0.15, 0.2) is 0 Å². The van der Waals surface area contributed by atoms with Gasteiger partial charge in [-0.2, -0.15) is 0 Å². The third-order valence-electron chi connectivity index (χ3n) is 2.41. The number of carbonyl (C=O) groups is 1. The minimum absolute atomic E-state index is 0.00713. The first-order valence-electron chi connectivity index (χ1n) is 5.59. The molecule has 0 aliphatic rings. The Bertz CT molecular complexity index is 354. The Hall–Kier alpha value is -1.26. The number of halogens is 1. The summed E-state index contributed by atoms with van der Waals surface area (Å²) in [7, 11) is 0. The fourth-order valence-electron chi connectivity index (χ4n) is 1.42. The molecule has 1 aromatic rings. The first-order valence-corrected chi connectivity index (χ1v) is 5.97. The number of nitrogens with one attached hydrogen (secondary N) is 2. The zero-order chi connectivity index (χ0) is 12.7. The van der Waals surface area contributed by atoms with E-state index in [4.69, 9.17) is 16.7 Å². The lowest BCUT2D eigenvalue weighted by Crippen LogP contribution is -2.38. The minimum atomic E-state index is -0.271. The van der Waals surface area contributed by atoms with Crippen LogP contribution in [0.2, 0.25) is 5.02 Å². The standard InChI is InChI=1S/C12H17ClN2O2/c1-2-10(7-8-16)14-12(17)15-11-5-3-9(13)4-6-11/h3-6,10,16H,2,7-8H2,1H3,(H2,14,15,17). The van der Waals surface area contributed by atoms with E-state index in [0.29, 0.717) is 17.1 Å². The maximum absolute atomic E-state index is 11.6. The van der Waals surface area contributed by atoms with E-state index in [0.717, 1.165) is 6.42 Å². The molecule has 4 nitrogen and oxygen atoms in total. The fourth-order valence-corrected chi connectivity index (χ4v) is 1.55. The molecule has 1 aromatic carbocycles. The molecule has 17 heavy (non-hydrogen) atoms. The van der Waals surface area contributed by atoms with Gasteiger partial charge in [0.2, 0.25) is 0 Å². The SMILES string of the molecule is CCC(CCO)NC(=O)Nc1ccc(Cl)cc1. The highest BCUT2D eigenvalue weighted by atomic mass is 35.5.